The predicted octanol–water partition coefficient (Wildman–Crippen LogP) is -0.813. The van der Waals surface area contributed by atoms with E-state index < -0.39 is 0 Å². The standard InChI is InChI=1S/C5H12N2O/c1-2-7-4-3-6-5(7)8/h5-6,8H,2-4H2,1H3. The maximum absolute atomic E-state index is 9.00. The van der Waals surface area contributed by atoms with Crippen LogP contribution in [0, 0.1) is 0 Å². The van der Waals surface area contributed by atoms with Crippen LogP contribution < -0.4 is 5.32 Å². The smallest absolute Gasteiger partial charge is 0.163 e. The molecule has 1 aliphatic rings. The summed E-state index contributed by atoms with van der Waals surface area (Å²) in [5.41, 5.74) is 0. The molecule has 2 N–H and O–H groups in total. The summed E-state index contributed by atoms with van der Waals surface area (Å²) < 4.78 is 0. The molecular formula is C5H12N2O. The van der Waals surface area contributed by atoms with Crippen LogP contribution in [0.2, 0.25) is 0 Å². The molecule has 1 saturated heterocycles. The summed E-state index contributed by atoms with van der Waals surface area (Å²) in [5, 5.41) is 11.9. The average Bonchev–Trinajstić information content (AvgIpc) is 2.14. The minimum absolute atomic E-state index is 0.389. The van der Waals surface area contributed by atoms with Crippen LogP contribution in [0.4, 0.5) is 0 Å². The van der Waals surface area contributed by atoms with Crippen molar-refractivity contribution in [3.63, 3.8) is 0 Å². The molecule has 1 rings (SSSR count). The van der Waals surface area contributed by atoms with E-state index >= 15 is 0 Å². The molecule has 0 radical (unpaired) electrons. The number of hydrogen-bond acceptors (Lipinski definition) is 3. The second kappa shape index (κ2) is 2.44. The largest absolute Gasteiger partial charge is 0.365 e. The lowest BCUT2D eigenvalue weighted by atomic mass is 10.6. The van der Waals surface area contributed by atoms with Gasteiger partial charge in [-0.1, -0.05) is 6.92 Å². The van der Waals surface area contributed by atoms with E-state index in [2.05, 4.69) is 5.32 Å². The van der Waals surface area contributed by atoms with E-state index in [0.717, 1.165) is 19.6 Å². The monoisotopic (exact) mass is 116 g/mol. The van der Waals surface area contributed by atoms with Gasteiger partial charge in [-0.05, 0) is 6.54 Å². The van der Waals surface area contributed by atoms with Gasteiger partial charge in [0.1, 0.15) is 0 Å². The first-order valence-electron chi connectivity index (χ1n) is 3.00. The van der Waals surface area contributed by atoms with Crippen molar-refractivity contribution >= 4 is 0 Å². The molecular weight excluding hydrogens is 104 g/mol. The van der Waals surface area contributed by atoms with Crippen molar-refractivity contribution in [3.8, 4) is 0 Å². The molecule has 3 heteroatoms. The number of nitrogens with zero attached hydrogens (tertiary/aromatic N) is 1. The van der Waals surface area contributed by atoms with E-state index in [1.54, 1.807) is 0 Å². The van der Waals surface area contributed by atoms with E-state index in [1.165, 1.54) is 0 Å². The van der Waals surface area contributed by atoms with Crippen LogP contribution >= 0.6 is 0 Å². The Morgan fingerprint density at radius 2 is 2.62 bits per heavy atom. The van der Waals surface area contributed by atoms with E-state index in [4.69, 9.17) is 5.11 Å². The third kappa shape index (κ3) is 0.992. The van der Waals surface area contributed by atoms with Gasteiger partial charge in [0.05, 0.1) is 0 Å². The first kappa shape index (κ1) is 6.01. The first-order chi connectivity index (χ1) is 3.84. The summed E-state index contributed by atoms with van der Waals surface area (Å²) in [4.78, 5) is 1.97. The van der Waals surface area contributed by atoms with E-state index in [9.17, 15) is 0 Å². The van der Waals surface area contributed by atoms with Crippen LogP contribution in [0.5, 0.6) is 0 Å². The predicted molar refractivity (Wildman–Crippen MR) is 31.3 cm³/mol. The molecule has 1 heterocycles. The van der Waals surface area contributed by atoms with Crippen LogP contribution in [-0.2, 0) is 0 Å². The van der Waals surface area contributed by atoms with Crippen molar-refractivity contribution in [1.82, 2.24) is 10.2 Å². The molecule has 0 aromatic heterocycles. The van der Waals surface area contributed by atoms with E-state index in [0.29, 0.717) is 0 Å². The number of aliphatic hydroxyl groups is 1. The molecule has 1 aliphatic heterocycles. The Bertz CT molecular complexity index is 76.8. The Hall–Kier alpha value is -0.120. The first-order valence-corrected chi connectivity index (χ1v) is 3.00. The highest BCUT2D eigenvalue weighted by atomic mass is 16.3. The number of hydrogen-bond donors (Lipinski definition) is 2. The fourth-order valence-corrected chi connectivity index (χ4v) is 0.920. The van der Waals surface area contributed by atoms with Gasteiger partial charge in [-0.25, -0.2) is 0 Å². The zero-order valence-electron chi connectivity index (χ0n) is 5.09. The van der Waals surface area contributed by atoms with Crippen molar-refractivity contribution in [2.24, 2.45) is 0 Å². The van der Waals surface area contributed by atoms with Gasteiger partial charge >= 0.3 is 0 Å². The van der Waals surface area contributed by atoms with Crippen LogP contribution in [0.3, 0.4) is 0 Å². The number of rotatable bonds is 1. The molecule has 1 fully saturated rings. The molecule has 3 nitrogen and oxygen atoms in total. The third-order valence-electron chi connectivity index (χ3n) is 1.48. The highest BCUT2D eigenvalue weighted by Gasteiger charge is 2.17. The van der Waals surface area contributed by atoms with Crippen LogP contribution in [0.25, 0.3) is 0 Å². The second-order valence-electron chi connectivity index (χ2n) is 1.96. The topological polar surface area (TPSA) is 35.5 Å². The maximum atomic E-state index is 9.00. The summed E-state index contributed by atoms with van der Waals surface area (Å²) >= 11 is 0. The molecule has 0 aromatic carbocycles. The van der Waals surface area contributed by atoms with Gasteiger partial charge in [0.15, 0.2) is 6.35 Å². The molecule has 0 saturated carbocycles. The summed E-state index contributed by atoms with van der Waals surface area (Å²) in [6.07, 6.45) is -0.389. The average molecular weight is 116 g/mol. The summed E-state index contributed by atoms with van der Waals surface area (Å²) in [5.74, 6) is 0. The molecule has 0 spiro atoms. The molecule has 0 aromatic rings. The fourth-order valence-electron chi connectivity index (χ4n) is 0.920. The van der Waals surface area contributed by atoms with Crippen molar-refractivity contribution in [1.29, 1.82) is 0 Å². The Labute approximate surface area is 49.3 Å². The number of likely N-dealkylation sites (N-methyl/N-ethyl adjacent to an activating group) is 1. The van der Waals surface area contributed by atoms with Gasteiger partial charge in [-0.15, -0.1) is 0 Å². The lowest BCUT2D eigenvalue weighted by molar-refractivity contribution is 0.0258. The Kier molecular flexibility index (Phi) is 1.83. The zero-order valence-corrected chi connectivity index (χ0v) is 5.09. The summed E-state index contributed by atoms with van der Waals surface area (Å²) in [6, 6.07) is 0. The van der Waals surface area contributed by atoms with Crippen molar-refractivity contribution in [2.45, 2.75) is 13.3 Å². The Balaban J connectivity index is 2.30. The zero-order chi connectivity index (χ0) is 5.98. The lowest BCUT2D eigenvalue weighted by Gasteiger charge is -2.15. The van der Waals surface area contributed by atoms with Gasteiger partial charge in [0.2, 0.25) is 0 Å². The lowest BCUT2D eigenvalue weighted by Crippen LogP contribution is -2.34. The van der Waals surface area contributed by atoms with Gasteiger partial charge in [-0.3, -0.25) is 10.2 Å². The molecule has 0 aliphatic carbocycles. The molecule has 48 valence electrons. The van der Waals surface area contributed by atoms with E-state index in [-0.39, 0.29) is 6.35 Å². The SMILES string of the molecule is CCN1CCNC1O. The minimum Gasteiger partial charge on any atom is -0.365 e. The molecule has 0 amide bonds. The highest BCUT2D eigenvalue weighted by Crippen LogP contribution is 1.96. The Morgan fingerprint density at radius 1 is 1.88 bits per heavy atom. The summed E-state index contributed by atoms with van der Waals surface area (Å²) in [6.45, 7) is 4.84. The van der Waals surface area contributed by atoms with E-state index in [1.807, 2.05) is 11.8 Å². The highest BCUT2D eigenvalue weighted by molar-refractivity contribution is 4.67. The third-order valence-corrected chi connectivity index (χ3v) is 1.48. The Morgan fingerprint density at radius 3 is 2.88 bits per heavy atom. The normalized spacial score (nSPS) is 31.5. The van der Waals surface area contributed by atoms with Crippen molar-refractivity contribution < 1.29 is 5.11 Å². The second-order valence-corrected chi connectivity index (χ2v) is 1.96. The van der Waals surface area contributed by atoms with Crippen LogP contribution in [0.15, 0.2) is 0 Å². The van der Waals surface area contributed by atoms with Gasteiger partial charge in [-0.2, -0.15) is 0 Å². The molecule has 1 unspecified atom stereocenters. The number of nitrogens with one attached hydrogen (secondary N) is 1. The van der Waals surface area contributed by atoms with Gasteiger partial charge < -0.3 is 5.11 Å². The fraction of sp³-hybridized carbons (Fsp3) is 1.00. The van der Waals surface area contributed by atoms with Gasteiger partial charge in [0, 0.05) is 13.1 Å². The minimum atomic E-state index is -0.389. The van der Waals surface area contributed by atoms with Crippen molar-refractivity contribution in [2.75, 3.05) is 19.6 Å². The van der Waals surface area contributed by atoms with Crippen LogP contribution in [-0.4, -0.2) is 36.0 Å². The molecule has 1 atom stereocenters. The molecule has 0 bridgehead atoms. The van der Waals surface area contributed by atoms with Crippen molar-refractivity contribution in [3.05, 3.63) is 0 Å². The molecule has 8 heavy (non-hydrogen) atoms. The quantitative estimate of drug-likeness (QED) is 0.470. The maximum Gasteiger partial charge on any atom is 0.163 e. The van der Waals surface area contributed by atoms with Gasteiger partial charge in [0.25, 0.3) is 0 Å². The number of aliphatic hydroxyl groups excluding tert-OH is 1. The summed E-state index contributed by atoms with van der Waals surface area (Å²) in [7, 11) is 0. The van der Waals surface area contributed by atoms with Crippen LogP contribution in [0.1, 0.15) is 6.92 Å².